The van der Waals surface area contributed by atoms with Gasteiger partial charge in [-0.1, -0.05) is 18.2 Å². The lowest BCUT2D eigenvalue weighted by molar-refractivity contribution is -0.742. The van der Waals surface area contributed by atoms with Gasteiger partial charge in [0.2, 0.25) is 0 Å². The first-order chi connectivity index (χ1) is 14.7. The van der Waals surface area contributed by atoms with Crippen molar-refractivity contribution in [2.24, 2.45) is 0 Å². The van der Waals surface area contributed by atoms with Crippen LogP contribution in [0.5, 0.6) is 5.75 Å². The second kappa shape index (κ2) is 12.1. The number of nitrogens with zero attached hydrogens (tertiary/aromatic N) is 2. The summed E-state index contributed by atoms with van der Waals surface area (Å²) < 4.78 is 15.7. The van der Waals surface area contributed by atoms with Crippen LogP contribution in [0.1, 0.15) is 39.0 Å². The van der Waals surface area contributed by atoms with E-state index in [0.29, 0.717) is 28.3 Å². The van der Waals surface area contributed by atoms with Crippen molar-refractivity contribution in [2.45, 2.75) is 20.8 Å². The fourth-order valence-electron chi connectivity index (χ4n) is 2.88. The number of carbonyl (C=O) groups is 2. The highest BCUT2D eigenvalue weighted by molar-refractivity contribution is 6.07. The van der Waals surface area contributed by atoms with E-state index in [0.717, 1.165) is 0 Å². The van der Waals surface area contributed by atoms with Crippen LogP contribution in [0, 0.1) is 24.0 Å². The van der Waals surface area contributed by atoms with E-state index in [1.165, 1.54) is 7.11 Å². The Hall–Kier alpha value is -3.73. The van der Waals surface area contributed by atoms with Crippen molar-refractivity contribution >= 4 is 11.9 Å². The lowest BCUT2D eigenvalue weighted by atomic mass is 9.92. The molecule has 0 aliphatic carbocycles. The second-order valence-corrected chi connectivity index (χ2v) is 5.93. The van der Waals surface area contributed by atoms with Crippen LogP contribution in [0.4, 0.5) is 0 Å². The molecule has 0 aliphatic heterocycles. The normalized spacial score (nSPS) is 9.84. The molecule has 0 fully saturated rings. The molecule has 0 aliphatic rings. The summed E-state index contributed by atoms with van der Waals surface area (Å²) in [6.45, 7) is 4.76. The lowest BCUT2D eigenvalue weighted by Crippen LogP contribution is -2.18. The Bertz CT molecular complexity index is 940. The second-order valence-electron chi connectivity index (χ2n) is 5.93. The number of benzene rings is 1. The third-order valence-corrected chi connectivity index (χ3v) is 3.94. The van der Waals surface area contributed by atoms with Gasteiger partial charge in [0.1, 0.15) is 12.4 Å². The standard InChI is InChI=1S/C20H23NO6.HNO3/c1-5-26-19(23)16-12(2)21-13(3)17(20(24)27-11-10-22)18(16)14-8-6-7-9-15(14)25-4;2-1(3)4/h6-9,22H,5,10-11H2,1-4H3;(H,2,3,4). The smallest absolute Gasteiger partial charge is 0.340 e. The topological polar surface area (TPSA) is 158 Å². The molecule has 1 heterocycles. The van der Waals surface area contributed by atoms with Gasteiger partial charge < -0.3 is 24.5 Å². The number of esters is 2. The maximum absolute atomic E-state index is 12.7. The van der Waals surface area contributed by atoms with Gasteiger partial charge in [-0.15, -0.1) is 10.1 Å². The summed E-state index contributed by atoms with van der Waals surface area (Å²) in [5, 5.41) is 22.6. The predicted molar refractivity (Wildman–Crippen MR) is 108 cm³/mol. The van der Waals surface area contributed by atoms with Crippen molar-refractivity contribution in [3.8, 4) is 16.9 Å². The Balaban J connectivity index is 0.00000110. The fourth-order valence-corrected chi connectivity index (χ4v) is 2.88. The van der Waals surface area contributed by atoms with Gasteiger partial charge in [0.05, 0.1) is 42.8 Å². The van der Waals surface area contributed by atoms with E-state index in [2.05, 4.69) is 4.98 Å². The molecule has 0 atom stereocenters. The molecule has 31 heavy (non-hydrogen) atoms. The Morgan fingerprint density at radius 3 is 2.10 bits per heavy atom. The number of methoxy groups -OCH3 is 1. The van der Waals surface area contributed by atoms with Crippen LogP contribution in [0.3, 0.4) is 0 Å². The zero-order valence-electron chi connectivity index (χ0n) is 17.6. The molecule has 0 amide bonds. The number of aliphatic hydroxyl groups excluding tert-OH is 1. The van der Waals surface area contributed by atoms with E-state index in [9.17, 15) is 9.59 Å². The molecule has 0 bridgehead atoms. The minimum atomic E-state index is -1.50. The Kier molecular flexibility index (Phi) is 9.86. The number of aryl methyl sites for hydroxylation is 2. The van der Waals surface area contributed by atoms with Crippen molar-refractivity contribution in [1.29, 1.82) is 0 Å². The number of rotatable bonds is 7. The highest BCUT2D eigenvalue weighted by Gasteiger charge is 2.29. The summed E-state index contributed by atoms with van der Waals surface area (Å²) in [5.74, 6) is -0.774. The fraction of sp³-hybridized carbons (Fsp3) is 0.350. The van der Waals surface area contributed by atoms with Crippen LogP contribution in [0.15, 0.2) is 24.3 Å². The number of aromatic nitrogens is 1. The van der Waals surface area contributed by atoms with E-state index in [4.69, 9.17) is 34.6 Å². The average molecular weight is 436 g/mol. The van der Waals surface area contributed by atoms with Crippen LogP contribution in [-0.4, -0.2) is 59.3 Å². The lowest BCUT2D eigenvalue weighted by Gasteiger charge is -2.19. The van der Waals surface area contributed by atoms with Crippen LogP contribution in [0.2, 0.25) is 0 Å². The monoisotopic (exact) mass is 436 g/mol. The third kappa shape index (κ3) is 6.64. The molecule has 11 heteroatoms. The number of para-hydroxylation sites is 1. The average Bonchev–Trinajstić information content (AvgIpc) is 2.71. The zero-order chi connectivity index (χ0) is 23.6. The third-order valence-electron chi connectivity index (χ3n) is 3.94. The number of carbonyl (C=O) groups excluding carboxylic acids is 2. The van der Waals surface area contributed by atoms with E-state index in [-0.39, 0.29) is 30.9 Å². The van der Waals surface area contributed by atoms with Gasteiger partial charge in [0.15, 0.2) is 0 Å². The van der Waals surface area contributed by atoms with Crippen LogP contribution in [-0.2, 0) is 9.47 Å². The summed E-state index contributed by atoms with van der Waals surface area (Å²) in [6, 6.07) is 7.05. The van der Waals surface area contributed by atoms with Gasteiger partial charge >= 0.3 is 11.9 Å². The van der Waals surface area contributed by atoms with Gasteiger partial charge in [-0.2, -0.15) is 0 Å². The number of hydrogen-bond donors (Lipinski definition) is 2. The van der Waals surface area contributed by atoms with Crippen molar-refractivity contribution in [2.75, 3.05) is 26.9 Å². The van der Waals surface area contributed by atoms with Crippen LogP contribution in [0.25, 0.3) is 11.1 Å². The van der Waals surface area contributed by atoms with Crippen molar-refractivity contribution < 1.29 is 39.2 Å². The molecule has 0 radical (unpaired) electrons. The van der Waals surface area contributed by atoms with Gasteiger partial charge in [-0.3, -0.25) is 4.98 Å². The molecular formula is C20H24N2O9. The molecule has 1 aromatic carbocycles. The quantitative estimate of drug-likeness (QED) is 0.375. The summed E-state index contributed by atoms with van der Waals surface area (Å²) in [5.41, 5.74) is 2.06. The largest absolute Gasteiger partial charge is 0.496 e. The molecule has 0 spiro atoms. The molecule has 0 saturated carbocycles. The summed E-state index contributed by atoms with van der Waals surface area (Å²) in [6.07, 6.45) is 0. The first-order valence-corrected chi connectivity index (χ1v) is 9.12. The molecule has 2 N–H and O–H groups in total. The number of ether oxygens (including phenoxy) is 3. The zero-order valence-corrected chi connectivity index (χ0v) is 17.6. The highest BCUT2D eigenvalue weighted by atomic mass is 16.9. The van der Waals surface area contributed by atoms with Crippen LogP contribution < -0.4 is 4.74 Å². The van der Waals surface area contributed by atoms with Gasteiger partial charge in [0.25, 0.3) is 5.09 Å². The molecule has 2 aromatic rings. The van der Waals surface area contributed by atoms with E-state index in [1.807, 2.05) is 0 Å². The van der Waals surface area contributed by atoms with Crippen molar-refractivity contribution in [3.63, 3.8) is 0 Å². The van der Waals surface area contributed by atoms with E-state index in [1.54, 1.807) is 45.0 Å². The van der Waals surface area contributed by atoms with Crippen molar-refractivity contribution in [1.82, 2.24) is 4.98 Å². The maximum atomic E-state index is 12.7. The first-order valence-electron chi connectivity index (χ1n) is 9.12. The van der Waals surface area contributed by atoms with Gasteiger partial charge in [0, 0.05) is 11.1 Å². The molecule has 11 nitrogen and oxygen atoms in total. The summed E-state index contributed by atoms with van der Waals surface area (Å²) in [7, 11) is 1.51. The minimum Gasteiger partial charge on any atom is -0.496 e. The Labute approximate surface area is 178 Å². The molecule has 168 valence electrons. The molecule has 1 aromatic heterocycles. The number of aliphatic hydroxyl groups is 1. The van der Waals surface area contributed by atoms with E-state index >= 15 is 0 Å². The predicted octanol–water partition coefficient (Wildman–Crippen LogP) is 2.35. The molecular weight excluding hydrogens is 412 g/mol. The summed E-state index contributed by atoms with van der Waals surface area (Å²) in [4.78, 5) is 38.1. The van der Waals surface area contributed by atoms with Crippen LogP contribution >= 0.6 is 0 Å². The van der Waals surface area contributed by atoms with E-state index < -0.39 is 17.0 Å². The molecule has 2 rings (SSSR count). The SMILES string of the molecule is CCOC(=O)c1c(C)nc(C)c(C(=O)OCCO)c1-c1ccccc1OC.O=[N+]([O-])O. The maximum Gasteiger partial charge on any atom is 0.340 e. The number of hydrogen-bond acceptors (Lipinski definition) is 9. The first kappa shape index (κ1) is 25.3. The summed E-state index contributed by atoms with van der Waals surface area (Å²) >= 11 is 0. The van der Waals surface area contributed by atoms with Gasteiger partial charge in [-0.25, -0.2) is 9.59 Å². The van der Waals surface area contributed by atoms with Crippen molar-refractivity contribution in [3.05, 3.63) is 56.9 Å². The highest BCUT2D eigenvalue weighted by Crippen LogP contribution is 2.37. The van der Waals surface area contributed by atoms with Gasteiger partial charge in [-0.05, 0) is 26.8 Å². The Morgan fingerprint density at radius 1 is 1.10 bits per heavy atom. The molecule has 0 unspecified atom stereocenters. The number of pyridine rings is 1. The Morgan fingerprint density at radius 2 is 1.61 bits per heavy atom. The molecule has 0 saturated heterocycles. The minimum absolute atomic E-state index is 0.140.